The van der Waals surface area contributed by atoms with Gasteiger partial charge in [-0.25, -0.2) is 9.97 Å². The van der Waals surface area contributed by atoms with Crippen LogP contribution < -0.4 is 0 Å². The summed E-state index contributed by atoms with van der Waals surface area (Å²) < 4.78 is 3.99. The highest BCUT2D eigenvalue weighted by Crippen LogP contribution is 2.43. The van der Waals surface area contributed by atoms with Gasteiger partial charge in [0.1, 0.15) is 11.2 Å². The Bertz CT molecular complexity index is 1540. The first-order chi connectivity index (χ1) is 14.0. The summed E-state index contributed by atoms with van der Waals surface area (Å²) in [6.45, 7) is 6.86. The predicted octanol–water partition coefficient (Wildman–Crippen LogP) is 8.24. The number of hydrogen-bond donors (Lipinski definition) is 0. The topological polar surface area (TPSA) is 25.8 Å². The Morgan fingerprint density at radius 1 is 0.828 bits per heavy atom. The van der Waals surface area contributed by atoms with E-state index in [9.17, 15) is 0 Å². The van der Waals surface area contributed by atoms with Gasteiger partial charge in [-0.2, -0.15) is 0 Å². The molecule has 6 rings (SSSR count). The Labute approximate surface area is 180 Å². The van der Waals surface area contributed by atoms with Crippen molar-refractivity contribution in [1.29, 1.82) is 0 Å². The van der Waals surface area contributed by atoms with Crippen molar-refractivity contribution < 1.29 is 0 Å². The van der Waals surface area contributed by atoms with E-state index in [1.54, 1.807) is 29.0 Å². The van der Waals surface area contributed by atoms with Crippen LogP contribution in [0.4, 0.5) is 0 Å². The smallest absolute Gasteiger partial charge is 0.128 e. The van der Waals surface area contributed by atoms with Gasteiger partial charge < -0.3 is 0 Å². The fourth-order valence-electron chi connectivity index (χ4n) is 4.06. The summed E-state index contributed by atoms with van der Waals surface area (Å²) in [6.07, 6.45) is 1.71. The molecule has 2 aromatic carbocycles. The lowest BCUT2D eigenvalue weighted by atomic mass is 9.85. The maximum Gasteiger partial charge on any atom is 0.128 e. The van der Waals surface area contributed by atoms with E-state index in [1.165, 1.54) is 46.8 Å². The quantitative estimate of drug-likeness (QED) is 0.262. The van der Waals surface area contributed by atoms with Crippen molar-refractivity contribution in [3.63, 3.8) is 0 Å². The first kappa shape index (κ1) is 17.5. The molecule has 0 fully saturated rings. The van der Waals surface area contributed by atoms with E-state index in [0.717, 1.165) is 10.5 Å². The molecule has 0 bridgehead atoms. The molecule has 0 aliphatic heterocycles. The molecule has 142 valence electrons. The Kier molecular flexibility index (Phi) is 3.67. The fraction of sp³-hybridized carbons (Fsp3) is 0.167. The molecule has 29 heavy (non-hydrogen) atoms. The summed E-state index contributed by atoms with van der Waals surface area (Å²) in [5.41, 5.74) is 3.67. The monoisotopic (exact) mass is 430 g/mol. The van der Waals surface area contributed by atoms with E-state index < -0.39 is 0 Å². The second-order valence-corrected chi connectivity index (χ2v) is 11.3. The first-order valence-electron chi connectivity index (χ1n) is 9.55. The van der Waals surface area contributed by atoms with Gasteiger partial charge in [-0.3, -0.25) is 0 Å². The van der Waals surface area contributed by atoms with Crippen LogP contribution in [-0.2, 0) is 5.41 Å². The molecule has 4 heterocycles. The van der Waals surface area contributed by atoms with E-state index in [1.807, 2.05) is 11.3 Å². The molecule has 6 aromatic rings. The summed E-state index contributed by atoms with van der Waals surface area (Å²) in [5, 5.41) is 9.37. The highest BCUT2D eigenvalue weighted by Gasteiger charge is 2.21. The van der Waals surface area contributed by atoms with E-state index in [0.29, 0.717) is 0 Å². The molecular formula is C24H18N2S3. The summed E-state index contributed by atoms with van der Waals surface area (Å²) >= 11 is 5.38. The van der Waals surface area contributed by atoms with Crippen molar-refractivity contribution in [3.8, 4) is 11.3 Å². The van der Waals surface area contributed by atoms with Crippen molar-refractivity contribution in [1.82, 2.24) is 9.97 Å². The lowest BCUT2D eigenvalue weighted by molar-refractivity contribution is 0.597. The van der Waals surface area contributed by atoms with Gasteiger partial charge in [-0.15, -0.1) is 34.0 Å². The fourth-order valence-corrected chi connectivity index (χ4v) is 7.11. The molecule has 0 radical (unpaired) electrons. The van der Waals surface area contributed by atoms with Crippen LogP contribution in [-0.4, -0.2) is 9.97 Å². The number of hydrogen-bond acceptors (Lipinski definition) is 5. The van der Waals surface area contributed by atoms with Crippen molar-refractivity contribution in [3.05, 3.63) is 59.0 Å². The van der Waals surface area contributed by atoms with E-state index >= 15 is 0 Å². The van der Waals surface area contributed by atoms with Crippen molar-refractivity contribution in [2.24, 2.45) is 0 Å². The zero-order chi connectivity index (χ0) is 19.8. The van der Waals surface area contributed by atoms with Gasteiger partial charge in [-0.05, 0) is 68.9 Å². The average molecular weight is 431 g/mol. The number of rotatable bonds is 1. The third kappa shape index (κ3) is 2.65. The molecule has 2 nitrogen and oxygen atoms in total. The summed E-state index contributed by atoms with van der Waals surface area (Å²) in [5.74, 6) is 0. The van der Waals surface area contributed by atoms with Gasteiger partial charge in [0.05, 0.1) is 5.69 Å². The standard InChI is InChI=1S/C24H18N2S3/c1-24(2,3)17-10-15(8-14-5-7-28-22(14)17)21-20-16-9-13-4-6-27-18(13)11-19(16)29-23(20)26-12-25-21/h4-12H,1-3H3. The van der Waals surface area contributed by atoms with Crippen LogP contribution >= 0.6 is 34.0 Å². The minimum absolute atomic E-state index is 0.0742. The van der Waals surface area contributed by atoms with Crippen LogP contribution in [0.15, 0.2) is 53.5 Å². The van der Waals surface area contributed by atoms with E-state index in [-0.39, 0.29) is 5.41 Å². The summed E-state index contributed by atoms with van der Waals surface area (Å²) in [7, 11) is 0. The predicted molar refractivity (Wildman–Crippen MR) is 130 cm³/mol. The molecule has 0 amide bonds. The van der Waals surface area contributed by atoms with Crippen LogP contribution in [0, 0.1) is 0 Å². The summed E-state index contributed by atoms with van der Waals surface area (Å²) in [6, 6.07) is 13.6. The van der Waals surface area contributed by atoms with Gasteiger partial charge in [0.2, 0.25) is 0 Å². The maximum absolute atomic E-state index is 4.78. The normalized spacial score (nSPS) is 12.7. The Balaban J connectivity index is 1.72. The third-order valence-corrected chi connectivity index (χ3v) is 8.38. The second-order valence-electron chi connectivity index (χ2n) is 8.42. The van der Waals surface area contributed by atoms with Gasteiger partial charge >= 0.3 is 0 Å². The molecule has 0 saturated heterocycles. The van der Waals surface area contributed by atoms with Crippen LogP contribution in [0.1, 0.15) is 26.3 Å². The zero-order valence-electron chi connectivity index (χ0n) is 16.3. The molecule has 0 spiro atoms. The Morgan fingerprint density at radius 2 is 1.66 bits per heavy atom. The molecule has 0 saturated carbocycles. The second kappa shape index (κ2) is 6.08. The molecule has 5 heteroatoms. The molecule has 0 N–H and O–H groups in total. The average Bonchev–Trinajstić information content (AvgIpc) is 3.41. The number of benzene rings is 2. The van der Waals surface area contributed by atoms with Gasteiger partial charge in [0.25, 0.3) is 0 Å². The van der Waals surface area contributed by atoms with Crippen LogP contribution in [0.5, 0.6) is 0 Å². The Hall–Kier alpha value is -2.34. The van der Waals surface area contributed by atoms with E-state index in [4.69, 9.17) is 4.98 Å². The SMILES string of the molecule is CC(C)(C)c1cc(-c2ncnc3sc4cc5sccc5cc4c23)cc2ccsc12. The lowest BCUT2D eigenvalue weighted by Gasteiger charge is -2.21. The Morgan fingerprint density at radius 3 is 2.52 bits per heavy atom. The minimum Gasteiger partial charge on any atom is -0.236 e. The van der Waals surface area contributed by atoms with Crippen LogP contribution in [0.2, 0.25) is 0 Å². The largest absolute Gasteiger partial charge is 0.236 e. The van der Waals surface area contributed by atoms with Gasteiger partial charge in [-0.1, -0.05) is 20.8 Å². The molecule has 0 atom stereocenters. The van der Waals surface area contributed by atoms with Crippen molar-refractivity contribution >= 4 is 74.5 Å². The molecule has 0 aliphatic rings. The number of thiophene rings is 3. The molecule has 4 aromatic heterocycles. The number of fused-ring (bicyclic) bond motifs is 5. The van der Waals surface area contributed by atoms with Gasteiger partial charge in [0, 0.05) is 30.4 Å². The molecule has 0 unspecified atom stereocenters. The first-order valence-corrected chi connectivity index (χ1v) is 12.1. The maximum atomic E-state index is 4.78. The number of nitrogens with zero attached hydrogens (tertiary/aromatic N) is 2. The van der Waals surface area contributed by atoms with Crippen LogP contribution in [0.25, 0.3) is 51.7 Å². The highest BCUT2D eigenvalue weighted by atomic mass is 32.1. The summed E-state index contributed by atoms with van der Waals surface area (Å²) in [4.78, 5) is 10.5. The minimum atomic E-state index is 0.0742. The highest BCUT2D eigenvalue weighted by molar-refractivity contribution is 7.26. The van der Waals surface area contributed by atoms with Crippen molar-refractivity contribution in [2.75, 3.05) is 0 Å². The van der Waals surface area contributed by atoms with E-state index in [2.05, 4.69) is 72.9 Å². The third-order valence-electron chi connectivity index (χ3n) is 5.48. The zero-order valence-corrected chi connectivity index (χ0v) is 18.8. The molecular weight excluding hydrogens is 412 g/mol. The van der Waals surface area contributed by atoms with Crippen molar-refractivity contribution in [2.45, 2.75) is 26.2 Å². The van der Waals surface area contributed by atoms with Gasteiger partial charge in [0.15, 0.2) is 0 Å². The molecule has 0 aliphatic carbocycles. The lowest BCUT2D eigenvalue weighted by Crippen LogP contribution is -2.11. The number of aromatic nitrogens is 2. The van der Waals surface area contributed by atoms with Crippen LogP contribution in [0.3, 0.4) is 0 Å².